The molecule has 21 heavy (non-hydrogen) atoms. The fraction of sp³-hybridized carbons (Fsp3) is 0.455. The Kier molecular flexibility index (Phi) is 3.34. The average Bonchev–Trinajstić information content (AvgIpc) is 3.04. The third kappa shape index (κ3) is 2.27. The van der Waals surface area contributed by atoms with Crippen LogP contribution in [0.5, 0.6) is 0 Å². The van der Waals surface area contributed by atoms with E-state index in [9.17, 15) is 17.2 Å². The lowest BCUT2D eigenvalue weighted by atomic mass is 9.77. The number of hydrogen-bond donors (Lipinski definition) is 1. The highest BCUT2D eigenvalue weighted by atomic mass is 32.2. The first-order chi connectivity index (χ1) is 9.84. The number of nitrogens with two attached hydrogens (primary N) is 1. The van der Waals surface area contributed by atoms with E-state index in [2.05, 4.69) is 10.1 Å². The number of rotatable bonds is 4. The minimum absolute atomic E-state index is 0.0111. The summed E-state index contributed by atoms with van der Waals surface area (Å²) < 4.78 is 53.5. The van der Waals surface area contributed by atoms with E-state index < -0.39 is 26.0 Å². The fourth-order valence-corrected chi connectivity index (χ4v) is 4.16. The minimum atomic E-state index is -4.71. The van der Waals surface area contributed by atoms with Crippen molar-refractivity contribution in [3.05, 3.63) is 17.3 Å². The van der Waals surface area contributed by atoms with E-state index in [4.69, 9.17) is 10.3 Å². The van der Waals surface area contributed by atoms with Crippen molar-refractivity contribution in [3.8, 4) is 10.8 Å². The summed E-state index contributed by atoms with van der Waals surface area (Å²) in [6, 6.07) is 1.10. The Hall–Kier alpha value is -1.39. The summed E-state index contributed by atoms with van der Waals surface area (Å²) in [6.07, 6.45) is 2.36. The van der Waals surface area contributed by atoms with Gasteiger partial charge in [0.25, 0.3) is 5.89 Å². The number of alkyl halides is 2. The number of aromatic nitrogens is 2. The van der Waals surface area contributed by atoms with Gasteiger partial charge in [-0.15, -0.1) is 11.3 Å². The van der Waals surface area contributed by atoms with Gasteiger partial charge in [-0.2, -0.15) is 13.8 Å². The molecule has 0 aliphatic heterocycles. The van der Waals surface area contributed by atoms with Gasteiger partial charge in [0.2, 0.25) is 9.84 Å². The van der Waals surface area contributed by atoms with Crippen LogP contribution in [-0.2, 0) is 15.4 Å². The Morgan fingerprint density at radius 3 is 2.71 bits per heavy atom. The fourth-order valence-electron chi connectivity index (χ4n) is 2.07. The molecule has 0 spiro atoms. The summed E-state index contributed by atoms with van der Waals surface area (Å²) >= 11 is 0.947. The molecule has 2 aromatic rings. The molecule has 0 bridgehead atoms. The van der Waals surface area contributed by atoms with E-state index >= 15 is 0 Å². The quantitative estimate of drug-likeness (QED) is 0.919. The molecular weight excluding hydrogens is 324 g/mol. The highest BCUT2D eigenvalue weighted by molar-refractivity contribution is 7.92. The lowest BCUT2D eigenvalue weighted by Gasteiger charge is -2.34. The zero-order chi connectivity index (χ0) is 15.3. The predicted molar refractivity (Wildman–Crippen MR) is 70.5 cm³/mol. The van der Waals surface area contributed by atoms with Gasteiger partial charge in [-0.3, -0.25) is 0 Å². The molecule has 1 fully saturated rings. The first kappa shape index (κ1) is 14.5. The van der Waals surface area contributed by atoms with E-state index in [1.807, 2.05) is 0 Å². The molecule has 0 amide bonds. The van der Waals surface area contributed by atoms with Crippen LogP contribution in [0.2, 0.25) is 0 Å². The van der Waals surface area contributed by atoms with Gasteiger partial charge in [0, 0.05) is 0 Å². The van der Waals surface area contributed by atoms with Gasteiger partial charge < -0.3 is 10.3 Å². The molecule has 10 heteroatoms. The maximum atomic E-state index is 12.7. The smallest absolute Gasteiger partial charge is 0.333 e. The van der Waals surface area contributed by atoms with Crippen molar-refractivity contribution in [2.24, 2.45) is 5.73 Å². The number of halogens is 2. The minimum Gasteiger partial charge on any atom is -0.333 e. The molecule has 2 heterocycles. The lowest BCUT2D eigenvalue weighted by molar-refractivity contribution is 0.229. The van der Waals surface area contributed by atoms with Gasteiger partial charge in [0.05, 0.1) is 10.4 Å². The molecule has 0 unspecified atom stereocenters. The molecule has 0 aromatic carbocycles. The van der Waals surface area contributed by atoms with Crippen LogP contribution in [0.15, 0.2) is 20.9 Å². The maximum Gasteiger partial charge on any atom is 0.341 e. The summed E-state index contributed by atoms with van der Waals surface area (Å²) in [4.78, 5) is 3.59. The normalized spacial score (nSPS) is 17.9. The van der Waals surface area contributed by atoms with Crippen molar-refractivity contribution < 1.29 is 21.7 Å². The SMILES string of the molecule is NC1(c2noc(-c3sccc3S(=O)(=O)C(F)F)n2)CCC1. The van der Waals surface area contributed by atoms with E-state index in [-0.39, 0.29) is 16.6 Å². The van der Waals surface area contributed by atoms with E-state index in [1.165, 1.54) is 5.38 Å². The summed E-state index contributed by atoms with van der Waals surface area (Å²) in [7, 11) is -4.71. The van der Waals surface area contributed by atoms with Crippen LogP contribution in [0, 0.1) is 0 Å². The molecule has 1 aliphatic rings. The molecule has 3 rings (SSSR count). The largest absolute Gasteiger partial charge is 0.341 e. The first-order valence-corrected chi connectivity index (χ1v) is 8.50. The van der Waals surface area contributed by atoms with E-state index in [0.29, 0.717) is 12.8 Å². The molecule has 114 valence electrons. The summed E-state index contributed by atoms with van der Waals surface area (Å²) in [6.45, 7) is 0. The van der Waals surface area contributed by atoms with Crippen LogP contribution in [0.3, 0.4) is 0 Å². The highest BCUT2D eigenvalue weighted by Crippen LogP contribution is 2.39. The second kappa shape index (κ2) is 4.82. The van der Waals surface area contributed by atoms with Crippen molar-refractivity contribution in [1.29, 1.82) is 0 Å². The van der Waals surface area contributed by atoms with Gasteiger partial charge in [-0.25, -0.2) is 8.42 Å². The molecule has 0 saturated heterocycles. The van der Waals surface area contributed by atoms with E-state index in [0.717, 1.165) is 23.8 Å². The third-order valence-corrected chi connectivity index (χ3v) is 5.94. The average molecular weight is 335 g/mol. The van der Waals surface area contributed by atoms with Crippen molar-refractivity contribution in [3.63, 3.8) is 0 Å². The predicted octanol–water partition coefficient (Wildman–Crippen LogP) is 2.13. The number of thiophene rings is 1. The maximum absolute atomic E-state index is 12.7. The van der Waals surface area contributed by atoms with Crippen molar-refractivity contribution in [2.45, 2.75) is 35.5 Å². The summed E-state index contributed by atoms with van der Waals surface area (Å²) in [5, 5.41) is 5.13. The van der Waals surface area contributed by atoms with Gasteiger partial charge >= 0.3 is 5.76 Å². The molecule has 2 N–H and O–H groups in total. The second-order valence-corrected chi connectivity index (χ2v) is 7.65. The summed E-state index contributed by atoms with van der Waals surface area (Å²) in [5.74, 6) is -3.32. The van der Waals surface area contributed by atoms with Gasteiger partial charge in [0.1, 0.15) is 4.88 Å². The molecule has 2 aromatic heterocycles. The molecule has 0 radical (unpaired) electrons. The Bertz CT molecular complexity index is 765. The summed E-state index contributed by atoms with van der Waals surface area (Å²) in [5.41, 5.74) is 5.38. The molecule has 1 aliphatic carbocycles. The second-order valence-electron chi connectivity index (χ2n) is 4.85. The van der Waals surface area contributed by atoms with Crippen molar-refractivity contribution in [1.82, 2.24) is 10.1 Å². The monoisotopic (exact) mass is 335 g/mol. The van der Waals surface area contributed by atoms with Crippen LogP contribution < -0.4 is 5.73 Å². The number of sulfone groups is 1. The highest BCUT2D eigenvalue weighted by Gasteiger charge is 2.40. The number of hydrogen-bond acceptors (Lipinski definition) is 7. The standard InChI is InChI=1S/C11H11F2N3O3S2/c12-10(13)21(17,18)6-2-5-20-7(6)8-15-9(16-19-8)11(14)3-1-4-11/h2,5,10H,1,3-4,14H2. The van der Waals surface area contributed by atoms with Crippen LogP contribution in [0.4, 0.5) is 8.78 Å². The van der Waals surface area contributed by atoms with Gasteiger partial charge in [-0.05, 0) is 30.7 Å². The zero-order valence-corrected chi connectivity index (χ0v) is 12.3. The number of nitrogens with zero attached hydrogens (tertiary/aromatic N) is 2. The van der Waals surface area contributed by atoms with Crippen LogP contribution in [0.1, 0.15) is 25.1 Å². The van der Waals surface area contributed by atoms with Crippen molar-refractivity contribution in [2.75, 3.05) is 0 Å². The molecular formula is C11H11F2N3O3S2. The topological polar surface area (TPSA) is 99.1 Å². The van der Waals surface area contributed by atoms with Gasteiger partial charge in [-0.1, -0.05) is 5.16 Å². The molecule has 0 atom stereocenters. The van der Waals surface area contributed by atoms with Crippen LogP contribution in [-0.4, -0.2) is 24.3 Å². The Morgan fingerprint density at radius 1 is 1.43 bits per heavy atom. The van der Waals surface area contributed by atoms with Gasteiger partial charge in [0.15, 0.2) is 5.82 Å². The van der Waals surface area contributed by atoms with E-state index in [1.54, 1.807) is 0 Å². The van der Waals surface area contributed by atoms with Crippen LogP contribution in [0.25, 0.3) is 10.8 Å². The first-order valence-electron chi connectivity index (χ1n) is 6.07. The Morgan fingerprint density at radius 2 is 2.14 bits per heavy atom. The molecule has 1 saturated carbocycles. The molecule has 6 nitrogen and oxygen atoms in total. The lowest BCUT2D eigenvalue weighted by Crippen LogP contribution is -2.44. The Labute approximate surface area is 122 Å². The Balaban J connectivity index is 2.01. The van der Waals surface area contributed by atoms with Crippen LogP contribution >= 0.6 is 11.3 Å². The third-order valence-electron chi connectivity index (χ3n) is 3.48. The van der Waals surface area contributed by atoms with Crippen molar-refractivity contribution >= 4 is 21.2 Å². The zero-order valence-electron chi connectivity index (χ0n) is 10.6.